The molecule has 0 aromatic heterocycles. The van der Waals surface area contributed by atoms with Gasteiger partial charge in [0.25, 0.3) is 0 Å². The first-order valence-corrected chi connectivity index (χ1v) is 6.54. The summed E-state index contributed by atoms with van der Waals surface area (Å²) in [6, 6.07) is 7.36. The Labute approximate surface area is 111 Å². The standard InChI is InChI=1S/C13H15ClN2O2/c14-10-4-1-2-5-11(10)16-9-13(18-12(16)17)6-3-7-15-8-13/h1-2,4-5,15H,3,6-9H2. The molecule has 2 fully saturated rings. The molecule has 1 aromatic carbocycles. The lowest BCUT2D eigenvalue weighted by Gasteiger charge is -2.31. The van der Waals surface area contributed by atoms with Crippen LogP contribution < -0.4 is 10.2 Å². The van der Waals surface area contributed by atoms with E-state index in [4.69, 9.17) is 16.3 Å². The minimum Gasteiger partial charge on any atom is -0.439 e. The highest BCUT2D eigenvalue weighted by Crippen LogP contribution is 2.35. The molecule has 1 atom stereocenters. The average Bonchev–Trinajstić information content (AvgIpc) is 2.67. The van der Waals surface area contributed by atoms with Crippen molar-refractivity contribution in [2.75, 3.05) is 24.5 Å². The van der Waals surface area contributed by atoms with Crippen molar-refractivity contribution >= 4 is 23.4 Å². The number of hydrogen-bond acceptors (Lipinski definition) is 3. The van der Waals surface area contributed by atoms with Crippen LogP contribution >= 0.6 is 11.6 Å². The van der Waals surface area contributed by atoms with Gasteiger partial charge < -0.3 is 10.1 Å². The fourth-order valence-corrected chi connectivity index (χ4v) is 2.88. The van der Waals surface area contributed by atoms with E-state index in [0.717, 1.165) is 31.6 Å². The lowest BCUT2D eigenvalue weighted by Crippen LogP contribution is -2.48. The van der Waals surface area contributed by atoms with Gasteiger partial charge in [-0.15, -0.1) is 0 Å². The smallest absolute Gasteiger partial charge is 0.415 e. The molecular weight excluding hydrogens is 252 g/mol. The molecule has 2 aliphatic rings. The van der Waals surface area contributed by atoms with Gasteiger partial charge in [0.2, 0.25) is 0 Å². The molecule has 1 N–H and O–H groups in total. The molecule has 4 nitrogen and oxygen atoms in total. The summed E-state index contributed by atoms with van der Waals surface area (Å²) in [6.07, 6.45) is 1.64. The minimum atomic E-state index is -0.380. The molecule has 1 aromatic rings. The largest absolute Gasteiger partial charge is 0.439 e. The van der Waals surface area contributed by atoms with Crippen LogP contribution in [-0.4, -0.2) is 31.3 Å². The number of carbonyl (C=O) groups is 1. The van der Waals surface area contributed by atoms with Crippen LogP contribution in [0.25, 0.3) is 0 Å². The summed E-state index contributed by atoms with van der Waals surface area (Å²) in [5.41, 5.74) is 0.348. The molecule has 0 saturated carbocycles. The second kappa shape index (κ2) is 4.44. The average molecular weight is 267 g/mol. The molecule has 18 heavy (non-hydrogen) atoms. The van der Waals surface area contributed by atoms with Gasteiger partial charge in [-0.05, 0) is 31.5 Å². The molecule has 1 unspecified atom stereocenters. The molecule has 3 rings (SSSR count). The van der Waals surface area contributed by atoms with Crippen molar-refractivity contribution in [3.63, 3.8) is 0 Å². The van der Waals surface area contributed by atoms with Crippen LogP contribution in [0, 0.1) is 0 Å². The maximum Gasteiger partial charge on any atom is 0.415 e. The zero-order valence-electron chi connectivity index (χ0n) is 9.99. The summed E-state index contributed by atoms with van der Waals surface area (Å²) in [6.45, 7) is 2.29. The van der Waals surface area contributed by atoms with Crippen LogP contribution in [0.2, 0.25) is 5.02 Å². The van der Waals surface area contributed by atoms with Gasteiger partial charge >= 0.3 is 6.09 Å². The zero-order valence-corrected chi connectivity index (χ0v) is 10.7. The number of nitrogens with one attached hydrogen (secondary N) is 1. The van der Waals surface area contributed by atoms with Crippen LogP contribution in [0.5, 0.6) is 0 Å². The van der Waals surface area contributed by atoms with E-state index in [2.05, 4.69) is 5.32 Å². The van der Waals surface area contributed by atoms with E-state index in [9.17, 15) is 4.79 Å². The Balaban J connectivity index is 1.87. The number of rotatable bonds is 1. The maximum atomic E-state index is 12.0. The van der Waals surface area contributed by atoms with Crippen molar-refractivity contribution in [2.24, 2.45) is 0 Å². The second-order valence-corrected chi connectivity index (χ2v) is 5.28. The van der Waals surface area contributed by atoms with Crippen molar-refractivity contribution in [3.05, 3.63) is 29.3 Å². The van der Waals surface area contributed by atoms with Crippen LogP contribution in [0.4, 0.5) is 10.5 Å². The Morgan fingerprint density at radius 3 is 2.94 bits per heavy atom. The number of para-hydroxylation sites is 1. The van der Waals surface area contributed by atoms with Gasteiger partial charge in [-0.3, -0.25) is 4.90 Å². The summed E-state index contributed by atoms with van der Waals surface area (Å²) in [5, 5.41) is 3.87. The van der Waals surface area contributed by atoms with E-state index < -0.39 is 0 Å². The third-order valence-corrected chi connectivity index (χ3v) is 3.87. The normalized spacial score (nSPS) is 27.6. The van der Waals surface area contributed by atoms with Gasteiger partial charge in [0, 0.05) is 6.54 Å². The predicted octanol–water partition coefficient (Wildman–Crippen LogP) is 2.42. The molecular formula is C13H15ClN2O2. The van der Waals surface area contributed by atoms with E-state index in [-0.39, 0.29) is 11.7 Å². The monoisotopic (exact) mass is 266 g/mol. The van der Waals surface area contributed by atoms with Crippen LogP contribution in [0.15, 0.2) is 24.3 Å². The van der Waals surface area contributed by atoms with Crippen molar-refractivity contribution in [1.82, 2.24) is 5.32 Å². The summed E-state index contributed by atoms with van der Waals surface area (Å²) >= 11 is 6.13. The van der Waals surface area contributed by atoms with Crippen LogP contribution in [-0.2, 0) is 4.74 Å². The van der Waals surface area contributed by atoms with Gasteiger partial charge in [0.15, 0.2) is 0 Å². The molecule has 1 spiro atoms. The van der Waals surface area contributed by atoms with E-state index in [1.54, 1.807) is 11.0 Å². The number of anilines is 1. The summed E-state index contributed by atoms with van der Waals surface area (Å²) < 4.78 is 5.58. The lowest BCUT2D eigenvalue weighted by molar-refractivity contribution is 0.0366. The first-order valence-electron chi connectivity index (χ1n) is 6.16. The van der Waals surface area contributed by atoms with Gasteiger partial charge in [0.05, 0.1) is 17.3 Å². The molecule has 2 heterocycles. The summed E-state index contributed by atoms with van der Waals surface area (Å²) in [4.78, 5) is 13.7. The zero-order chi connectivity index (χ0) is 12.6. The van der Waals surface area contributed by atoms with Crippen molar-refractivity contribution in [1.29, 1.82) is 0 Å². The summed E-state index contributed by atoms with van der Waals surface area (Å²) in [7, 11) is 0. The Bertz CT molecular complexity index is 472. The molecule has 0 radical (unpaired) electrons. The predicted molar refractivity (Wildman–Crippen MR) is 70.1 cm³/mol. The van der Waals surface area contributed by atoms with Crippen molar-refractivity contribution < 1.29 is 9.53 Å². The van der Waals surface area contributed by atoms with Gasteiger partial charge in [0.1, 0.15) is 5.60 Å². The highest BCUT2D eigenvalue weighted by Gasteiger charge is 2.46. The van der Waals surface area contributed by atoms with Crippen molar-refractivity contribution in [3.8, 4) is 0 Å². The number of nitrogens with zero attached hydrogens (tertiary/aromatic N) is 1. The van der Waals surface area contributed by atoms with Crippen LogP contribution in [0.3, 0.4) is 0 Å². The Morgan fingerprint density at radius 2 is 2.22 bits per heavy atom. The Hall–Kier alpha value is -1.26. The Morgan fingerprint density at radius 1 is 1.39 bits per heavy atom. The Kier molecular flexibility index (Phi) is 2.92. The number of halogens is 1. The van der Waals surface area contributed by atoms with Gasteiger partial charge in [-0.2, -0.15) is 0 Å². The van der Waals surface area contributed by atoms with Crippen molar-refractivity contribution in [2.45, 2.75) is 18.4 Å². The van der Waals surface area contributed by atoms with E-state index in [1.165, 1.54) is 0 Å². The number of piperidine rings is 1. The van der Waals surface area contributed by atoms with E-state index in [0.29, 0.717) is 11.6 Å². The fraction of sp³-hybridized carbons (Fsp3) is 0.462. The SMILES string of the molecule is O=C1OC2(CCCNC2)CN1c1ccccc1Cl. The second-order valence-electron chi connectivity index (χ2n) is 4.87. The maximum absolute atomic E-state index is 12.0. The number of carbonyl (C=O) groups excluding carboxylic acids is 1. The lowest BCUT2D eigenvalue weighted by atomic mass is 9.94. The van der Waals surface area contributed by atoms with E-state index >= 15 is 0 Å². The molecule has 2 saturated heterocycles. The van der Waals surface area contributed by atoms with E-state index in [1.807, 2.05) is 18.2 Å². The van der Waals surface area contributed by atoms with Gasteiger partial charge in [-0.1, -0.05) is 23.7 Å². The third kappa shape index (κ3) is 1.95. The number of ether oxygens (including phenoxy) is 1. The molecule has 0 bridgehead atoms. The minimum absolute atomic E-state index is 0.299. The quantitative estimate of drug-likeness (QED) is 0.849. The molecule has 0 aliphatic carbocycles. The van der Waals surface area contributed by atoms with Crippen LogP contribution in [0.1, 0.15) is 12.8 Å². The molecule has 5 heteroatoms. The molecule has 2 aliphatic heterocycles. The number of benzene rings is 1. The third-order valence-electron chi connectivity index (χ3n) is 3.55. The topological polar surface area (TPSA) is 41.6 Å². The van der Waals surface area contributed by atoms with Gasteiger partial charge in [-0.25, -0.2) is 4.79 Å². The molecule has 96 valence electrons. The number of hydrogen-bond donors (Lipinski definition) is 1. The first-order chi connectivity index (χ1) is 8.70. The number of amides is 1. The molecule has 1 amide bonds. The highest BCUT2D eigenvalue weighted by molar-refractivity contribution is 6.33. The highest BCUT2D eigenvalue weighted by atomic mass is 35.5. The summed E-state index contributed by atoms with van der Waals surface area (Å²) in [5.74, 6) is 0. The first kappa shape index (κ1) is 11.8. The fourth-order valence-electron chi connectivity index (χ4n) is 2.64.